The van der Waals surface area contributed by atoms with E-state index in [1.807, 2.05) is 24.3 Å². The Bertz CT molecular complexity index is 1320. The SMILES string of the molecule is CN(Cc1cccc(Cl)c1)C(=O)COC(=O)Cn1c2ccccc2c(=O)c2ccccc21. The Kier molecular flexibility index (Phi) is 6.23. The molecule has 0 saturated carbocycles. The Labute approximate surface area is 189 Å². The number of esters is 1. The van der Waals surface area contributed by atoms with E-state index in [0.717, 1.165) is 5.56 Å². The molecule has 3 aromatic carbocycles. The number of para-hydroxylation sites is 2. The first-order valence-electron chi connectivity index (χ1n) is 10.1. The lowest BCUT2D eigenvalue weighted by Crippen LogP contribution is -2.31. The summed E-state index contributed by atoms with van der Waals surface area (Å²) in [5, 5.41) is 1.64. The molecule has 162 valence electrons. The lowest BCUT2D eigenvalue weighted by molar-refractivity contribution is -0.152. The van der Waals surface area contributed by atoms with Gasteiger partial charge in [-0.3, -0.25) is 14.4 Å². The normalized spacial score (nSPS) is 10.9. The number of nitrogens with zero attached hydrogens (tertiary/aromatic N) is 2. The number of ether oxygens (including phenoxy) is 1. The fourth-order valence-electron chi connectivity index (χ4n) is 3.67. The van der Waals surface area contributed by atoms with Crippen molar-refractivity contribution in [3.63, 3.8) is 0 Å². The zero-order valence-electron chi connectivity index (χ0n) is 17.5. The van der Waals surface area contributed by atoms with Gasteiger partial charge < -0.3 is 14.2 Å². The Hall–Kier alpha value is -3.64. The van der Waals surface area contributed by atoms with Crippen LogP contribution in [0.2, 0.25) is 5.02 Å². The second kappa shape index (κ2) is 9.24. The molecule has 0 spiro atoms. The molecule has 1 heterocycles. The third-order valence-corrected chi connectivity index (χ3v) is 5.49. The van der Waals surface area contributed by atoms with E-state index < -0.39 is 5.97 Å². The van der Waals surface area contributed by atoms with Crippen LogP contribution >= 0.6 is 11.6 Å². The van der Waals surface area contributed by atoms with Crippen LogP contribution in [-0.2, 0) is 27.4 Å². The summed E-state index contributed by atoms with van der Waals surface area (Å²) >= 11 is 5.99. The van der Waals surface area contributed by atoms with E-state index in [-0.39, 0.29) is 24.5 Å². The molecule has 1 amide bonds. The molecule has 0 N–H and O–H groups in total. The van der Waals surface area contributed by atoms with E-state index in [9.17, 15) is 14.4 Å². The van der Waals surface area contributed by atoms with E-state index in [4.69, 9.17) is 16.3 Å². The highest BCUT2D eigenvalue weighted by Crippen LogP contribution is 2.19. The summed E-state index contributed by atoms with van der Waals surface area (Å²) in [6.07, 6.45) is 0. The maximum atomic E-state index is 12.8. The van der Waals surface area contributed by atoms with Crippen molar-refractivity contribution in [2.75, 3.05) is 13.7 Å². The Balaban J connectivity index is 1.49. The lowest BCUT2D eigenvalue weighted by Gasteiger charge is -2.18. The van der Waals surface area contributed by atoms with Crippen LogP contribution in [0.3, 0.4) is 0 Å². The second-order valence-corrected chi connectivity index (χ2v) is 7.93. The van der Waals surface area contributed by atoms with E-state index in [1.54, 1.807) is 60.1 Å². The first kappa shape index (κ1) is 21.6. The van der Waals surface area contributed by atoms with Gasteiger partial charge in [-0.2, -0.15) is 0 Å². The third-order valence-electron chi connectivity index (χ3n) is 5.26. The highest BCUT2D eigenvalue weighted by Gasteiger charge is 2.16. The fourth-order valence-corrected chi connectivity index (χ4v) is 3.88. The average molecular weight is 449 g/mol. The van der Waals surface area contributed by atoms with Crippen LogP contribution < -0.4 is 5.43 Å². The van der Waals surface area contributed by atoms with Gasteiger partial charge in [0.05, 0.1) is 11.0 Å². The van der Waals surface area contributed by atoms with Crippen LogP contribution in [0, 0.1) is 0 Å². The number of fused-ring (bicyclic) bond motifs is 2. The Morgan fingerprint density at radius 2 is 1.56 bits per heavy atom. The number of benzene rings is 3. The van der Waals surface area contributed by atoms with Crippen LogP contribution in [-0.4, -0.2) is 35.0 Å². The molecular weight excluding hydrogens is 428 g/mol. The molecule has 0 saturated heterocycles. The van der Waals surface area contributed by atoms with Crippen LogP contribution in [0.4, 0.5) is 0 Å². The summed E-state index contributed by atoms with van der Waals surface area (Å²) in [7, 11) is 1.64. The van der Waals surface area contributed by atoms with Gasteiger partial charge >= 0.3 is 5.97 Å². The van der Waals surface area contributed by atoms with Gasteiger partial charge in [0, 0.05) is 29.4 Å². The number of halogens is 1. The lowest BCUT2D eigenvalue weighted by atomic mass is 10.1. The molecule has 0 aliphatic heterocycles. The van der Waals surface area contributed by atoms with Crippen molar-refractivity contribution in [2.24, 2.45) is 0 Å². The number of pyridine rings is 1. The monoisotopic (exact) mass is 448 g/mol. The fraction of sp³-hybridized carbons (Fsp3) is 0.160. The van der Waals surface area contributed by atoms with Gasteiger partial charge in [-0.25, -0.2) is 0 Å². The van der Waals surface area contributed by atoms with Crippen molar-refractivity contribution in [1.82, 2.24) is 9.47 Å². The number of aromatic nitrogens is 1. The Morgan fingerprint density at radius 3 is 2.19 bits per heavy atom. The molecule has 7 heteroatoms. The summed E-state index contributed by atoms with van der Waals surface area (Å²) in [5.41, 5.74) is 2.07. The molecule has 0 aliphatic carbocycles. The van der Waals surface area contributed by atoms with Crippen molar-refractivity contribution >= 4 is 45.3 Å². The van der Waals surface area contributed by atoms with E-state index in [2.05, 4.69) is 0 Å². The maximum absolute atomic E-state index is 12.8. The summed E-state index contributed by atoms with van der Waals surface area (Å²) in [6, 6.07) is 21.5. The Morgan fingerprint density at radius 1 is 0.938 bits per heavy atom. The number of carbonyl (C=O) groups excluding carboxylic acids is 2. The van der Waals surface area contributed by atoms with Crippen LogP contribution in [0.25, 0.3) is 21.8 Å². The molecule has 0 radical (unpaired) electrons. The smallest absolute Gasteiger partial charge is 0.326 e. The highest BCUT2D eigenvalue weighted by molar-refractivity contribution is 6.30. The number of hydrogen-bond acceptors (Lipinski definition) is 4. The maximum Gasteiger partial charge on any atom is 0.326 e. The van der Waals surface area contributed by atoms with E-state index in [1.165, 1.54) is 4.90 Å². The minimum Gasteiger partial charge on any atom is -0.454 e. The van der Waals surface area contributed by atoms with Gasteiger partial charge in [0.2, 0.25) is 0 Å². The molecule has 0 aliphatic rings. The topological polar surface area (TPSA) is 68.6 Å². The van der Waals surface area contributed by atoms with Gasteiger partial charge in [-0.15, -0.1) is 0 Å². The van der Waals surface area contributed by atoms with Crippen LogP contribution in [0.5, 0.6) is 0 Å². The molecule has 4 rings (SSSR count). The number of carbonyl (C=O) groups is 2. The molecule has 32 heavy (non-hydrogen) atoms. The molecule has 4 aromatic rings. The van der Waals surface area contributed by atoms with Gasteiger partial charge in [0.15, 0.2) is 12.0 Å². The molecule has 6 nitrogen and oxygen atoms in total. The van der Waals surface area contributed by atoms with Crippen LogP contribution in [0.1, 0.15) is 5.56 Å². The zero-order chi connectivity index (χ0) is 22.7. The molecular formula is C25H21ClN2O4. The largest absolute Gasteiger partial charge is 0.454 e. The van der Waals surface area contributed by atoms with Gasteiger partial charge in [0.25, 0.3) is 5.91 Å². The van der Waals surface area contributed by atoms with Gasteiger partial charge in [0.1, 0.15) is 6.54 Å². The number of hydrogen-bond donors (Lipinski definition) is 0. The van der Waals surface area contributed by atoms with Gasteiger partial charge in [-0.05, 0) is 42.0 Å². The molecule has 0 bridgehead atoms. The summed E-state index contributed by atoms with van der Waals surface area (Å²) in [5.74, 6) is -0.888. The third kappa shape index (κ3) is 4.50. The first-order chi connectivity index (χ1) is 15.4. The molecule has 0 atom stereocenters. The average Bonchev–Trinajstić information content (AvgIpc) is 2.80. The number of amides is 1. The minimum absolute atomic E-state index is 0.0846. The van der Waals surface area contributed by atoms with E-state index in [0.29, 0.717) is 33.4 Å². The predicted molar refractivity (Wildman–Crippen MR) is 125 cm³/mol. The molecule has 1 aromatic heterocycles. The zero-order valence-corrected chi connectivity index (χ0v) is 18.2. The number of likely N-dealkylation sites (N-methyl/N-ethyl adjacent to an activating group) is 1. The standard InChI is InChI=1S/C25H21ClN2O4/c1-27(14-17-7-6-8-18(26)13-17)23(29)16-32-24(30)15-28-21-11-4-2-9-19(21)25(31)20-10-3-5-12-22(20)28/h2-13H,14-16H2,1H3. The van der Waals surface area contributed by atoms with Crippen LogP contribution in [0.15, 0.2) is 77.6 Å². The summed E-state index contributed by atoms with van der Waals surface area (Å²) in [4.78, 5) is 39.3. The predicted octanol–water partition coefficient (Wildman–Crippen LogP) is 4.01. The van der Waals surface area contributed by atoms with Crippen molar-refractivity contribution in [2.45, 2.75) is 13.1 Å². The van der Waals surface area contributed by atoms with Crippen molar-refractivity contribution < 1.29 is 14.3 Å². The van der Waals surface area contributed by atoms with Crippen molar-refractivity contribution in [3.8, 4) is 0 Å². The quantitative estimate of drug-likeness (QED) is 0.330. The summed E-state index contributed by atoms with van der Waals surface area (Å²) in [6.45, 7) is -0.134. The van der Waals surface area contributed by atoms with Crippen molar-refractivity contribution in [1.29, 1.82) is 0 Å². The van der Waals surface area contributed by atoms with Crippen molar-refractivity contribution in [3.05, 3.63) is 93.6 Å². The molecule has 0 fully saturated rings. The highest BCUT2D eigenvalue weighted by atomic mass is 35.5. The second-order valence-electron chi connectivity index (χ2n) is 7.49. The summed E-state index contributed by atoms with van der Waals surface area (Å²) < 4.78 is 7.01. The number of rotatable bonds is 6. The van der Waals surface area contributed by atoms with E-state index >= 15 is 0 Å². The minimum atomic E-state index is -0.562. The first-order valence-corrected chi connectivity index (χ1v) is 10.5. The molecule has 0 unspecified atom stereocenters. The van der Waals surface area contributed by atoms with Gasteiger partial charge in [-0.1, -0.05) is 48.0 Å².